The van der Waals surface area contributed by atoms with Crippen molar-refractivity contribution in [1.29, 1.82) is 0 Å². The van der Waals surface area contributed by atoms with Crippen LogP contribution in [0.15, 0.2) is 53.3 Å². The van der Waals surface area contributed by atoms with Crippen LogP contribution in [0.25, 0.3) is 10.9 Å². The first-order chi connectivity index (χ1) is 9.24. The van der Waals surface area contributed by atoms with Gasteiger partial charge in [-0.3, -0.25) is 9.97 Å². The van der Waals surface area contributed by atoms with E-state index in [-0.39, 0.29) is 0 Å². The Hall–Kier alpha value is -1.94. The number of rotatable bonds is 2. The second-order valence-corrected chi connectivity index (χ2v) is 5.16. The summed E-state index contributed by atoms with van der Waals surface area (Å²) >= 11 is 3.49. The van der Waals surface area contributed by atoms with E-state index in [9.17, 15) is 0 Å². The Kier molecular flexibility index (Phi) is 3.17. The molecule has 3 aromatic rings. The van der Waals surface area contributed by atoms with Gasteiger partial charge >= 0.3 is 0 Å². The molecule has 2 aromatic heterocycles. The molecule has 94 valence electrons. The highest BCUT2D eigenvalue weighted by Gasteiger charge is 2.05. The molecule has 0 saturated heterocycles. The zero-order chi connectivity index (χ0) is 13.2. The quantitative estimate of drug-likeness (QED) is 0.759. The number of pyridine rings is 2. The van der Waals surface area contributed by atoms with E-state index in [1.54, 1.807) is 12.4 Å². The van der Waals surface area contributed by atoms with Gasteiger partial charge in [-0.2, -0.15) is 0 Å². The SMILES string of the molecule is Cc1ccc2cccc(Nc3ccncc3Br)c2n1. The lowest BCUT2D eigenvalue weighted by Gasteiger charge is -2.10. The number of halogens is 1. The third-order valence-electron chi connectivity index (χ3n) is 2.90. The first-order valence-electron chi connectivity index (χ1n) is 5.97. The number of aryl methyl sites for hydroxylation is 1. The molecule has 1 N–H and O–H groups in total. The van der Waals surface area contributed by atoms with Crippen LogP contribution in [0.3, 0.4) is 0 Å². The van der Waals surface area contributed by atoms with E-state index in [2.05, 4.69) is 43.3 Å². The van der Waals surface area contributed by atoms with E-state index in [0.29, 0.717) is 0 Å². The van der Waals surface area contributed by atoms with Crippen molar-refractivity contribution in [2.24, 2.45) is 0 Å². The van der Waals surface area contributed by atoms with Crippen LogP contribution in [-0.2, 0) is 0 Å². The Labute approximate surface area is 119 Å². The van der Waals surface area contributed by atoms with Gasteiger partial charge in [-0.1, -0.05) is 18.2 Å². The van der Waals surface area contributed by atoms with Gasteiger partial charge < -0.3 is 5.32 Å². The average Bonchev–Trinajstić information content (AvgIpc) is 2.42. The highest BCUT2D eigenvalue weighted by molar-refractivity contribution is 9.10. The van der Waals surface area contributed by atoms with E-state index < -0.39 is 0 Å². The molecule has 0 spiro atoms. The number of benzene rings is 1. The molecule has 1 aromatic carbocycles. The van der Waals surface area contributed by atoms with Crippen LogP contribution in [-0.4, -0.2) is 9.97 Å². The zero-order valence-corrected chi connectivity index (χ0v) is 12.0. The number of fused-ring (bicyclic) bond motifs is 1. The monoisotopic (exact) mass is 313 g/mol. The predicted molar refractivity (Wildman–Crippen MR) is 81.7 cm³/mol. The van der Waals surface area contributed by atoms with Gasteiger partial charge in [0.2, 0.25) is 0 Å². The van der Waals surface area contributed by atoms with Crippen molar-refractivity contribution in [3.63, 3.8) is 0 Å². The molecule has 4 heteroatoms. The van der Waals surface area contributed by atoms with Crippen molar-refractivity contribution < 1.29 is 0 Å². The summed E-state index contributed by atoms with van der Waals surface area (Å²) in [5, 5.41) is 4.52. The molecule has 0 radical (unpaired) electrons. The van der Waals surface area contributed by atoms with Crippen LogP contribution in [0, 0.1) is 6.92 Å². The van der Waals surface area contributed by atoms with E-state index in [1.165, 1.54) is 0 Å². The van der Waals surface area contributed by atoms with Gasteiger partial charge in [-0.05, 0) is 41.1 Å². The second-order valence-electron chi connectivity index (χ2n) is 4.31. The van der Waals surface area contributed by atoms with E-state index in [1.807, 2.05) is 31.2 Å². The van der Waals surface area contributed by atoms with Crippen molar-refractivity contribution in [1.82, 2.24) is 9.97 Å². The lowest BCUT2D eigenvalue weighted by molar-refractivity contribution is 1.25. The molecule has 19 heavy (non-hydrogen) atoms. The Bertz CT molecular complexity index is 740. The van der Waals surface area contributed by atoms with Crippen molar-refractivity contribution >= 4 is 38.2 Å². The number of anilines is 2. The third-order valence-corrected chi connectivity index (χ3v) is 3.53. The van der Waals surface area contributed by atoms with Crippen molar-refractivity contribution in [3.8, 4) is 0 Å². The van der Waals surface area contributed by atoms with Crippen molar-refractivity contribution in [2.75, 3.05) is 5.32 Å². The maximum absolute atomic E-state index is 4.61. The number of nitrogens with one attached hydrogen (secondary N) is 1. The maximum atomic E-state index is 4.61. The standard InChI is InChI=1S/C15H12BrN3/c1-10-5-6-11-3-2-4-14(15(11)18-10)19-13-7-8-17-9-12(13)16/h2-9H,1H3,(H,17,19). The largest absolute Gasteiger partial charge is 0.353 e. The minimum Gasteiger partial charge on any atom is -0.353 e. The van der Waals surface area contributed by atoms with E-state index in [4.69, 9.17) is 0 Å². The topological polar surface area (TPSA) is 37.8 Å². The number of para-hydroxylation sites is 1. The van der Waals surface area contributed by atoms with Gasteiger partial charge in [-0.25, -0.2) is 0 Å². The van der Waals surface area contributed by atoms with Gasteiger partial charge in [0.05, 0.1) is 21.4 Å². The summed E-state index contributed by atoms with van der Waals surface area (Å²) in [6, 6.07) is 12.2. The molecular formula is C15H12BrN3. The molecular weight excluding hydrogens is 302 g/mol. The highest BCUT2D eigenvalue weighted by Crippen LogP contribution is 2.28. The lowest BCUT2D eigenvalue weighted by Crippen LogP contribution is -1.95. The Morgan fingerprint density at radius 1 is 1.05 bits per heavy atom. The Balaban J connectivity index is 2.10. The first kappa shape index (κ1) is 12.1. The normalized spacial score (nSPS) is 10.6. The molecule has 0 fully saturated rings. The average molecular weight is 314 g/mol. The molecule has 3 rings (SSSR count). The summed E-state index contributed by atoms with van der Waals surface area (Å²) in [5.41, 5.74) is 3.96. The van der Waals surface area contributed by atoms with Gasteiger partial charge in [0.15, 0.2) is 0 Å². The van der Waals surface area contributed by atoms with Crippen LogP contribution >= 0.6 is 15.9 Å². The molecule has 3 nitrogen and oxygen atoms in total. The van der Waals surface area contributed by atoms with Crippen LogP contribution < -0.4 is 5.32 Å². The molecule has 0 amide bonds. The van der Waals surface area contributed by atoms with Gasteiger partial charge in [-0.15, -0.1) is 0 Å². The maximum Gasteiger partial charge on any atom is 0.0939 e. The smallest absolute Gasteiger partial charge is 0.0939 e. The van der Waals surface area contributed by atoms with Crippen LogP contribution in [0.4, 0.5) is 11.4 Å². The summed E-state index contributed by atoms with van der Waals surface area (Å²) in [4.78, 5) is 8.67. The first-order valence-corrected chi connectivity index (χ1v) is 6.76. The van der Waals surface area contributed by atoms with Crippen molar-refractivity contribution in [3.05, 3.63) is 59.0 Å². The minimum absolute atomic E-state index is 0.930. The molecule has 2 heterocycles. The summed E-state index contributed by atoms with van der Waals surface area (Å²) < 4.78 is 0.930. The zero-order valence-electron chi connectivity index (χ0n) is 10.4. The molecule has 0 aliphatic rings. The van der Waals surface area contributed by atoms with Crippen LogP contribution in [0.5, 0.6) is 0 Å². The van der Waals surface area contributed by atoms with Crippen LogP contribution in [0.1, 0.15) is 5.69 Å². The Morgan fingerprint density at radius 2 is 1.95 bits per heavy atom. The summed E-state index contributed by atoms with van der Waals surface area (Å²) in [7, 11) is 0. The third kappa shape index (κ3) is 2.44. The summed E-state index contributed by atoms with van der Waals surface area (Å²) in [6.45, 7) is 2.00. The molecule has 0 saturated carbocycles. The number of hydrogen-bond donors (Lipinski definition) is 1. The molecule has 0 aliphatic heterocycles. The molecule has 0 bridgehead atoms. The van der Waals surface area contributed by atoms with Gasteiger partial charge in [0, 0.05) is 23.5 Å². The molecule has 0 unspecified atom stereocenters. The Morgan fingerprint density at radius 3 is 2.79 bits per heavy atom. The predicted octanol–water partition coefficient (Wildman–Crippen LogP) is 4.44. The fraction of sp³-hybridized carbons (Fsp3) is 0.0667. The lowest BCUT2D eigenvalue weighted by atomic mass is 10.1. The fourth-order valence-corrected chi connectivity index (χ4v) is 2.32. The number of aromatic nitrogens is 2. The number of hydrogen-bond acceptors (Lipinski definition) is 3. The summed E-state index contributed by atoms with van der Waals surface area (Å²) in [6.07, 6.45) is 3.53. The van der Waals surface area contributed by atoms with E-state index in [0.717, 1.165) is 32.4 Å². The van der Waals surface area contributed by atoms with E-state index >= 15 is 0 Å². The minimum atomic E-state index is 0.930. The molecule has 0 aliphatic carbocycles. The summed E-state index contributed by atoms with van der Waals surface area (Å²) in [5.74, 6) is 0. The van der Waals surface area contributed by atoms with Gasteiger partial charge in [0.25, 0.3) is 0 Å². The highest BCUT2D eigenvalue weighted by atomic mass is 79.9. The fourth-order valence-electron chi connectivity index (χ4n) is 1.97. The van der Waals surface area contributed by atoms with Gasteiger partial charge in [0.1, 0.15) is 0 Å². The van der Waals surface area contributed by atoms with Crippen molar-refractivity contribution in [2.45, 2.75) is 6.92 Å². The molecule has 0 atom stereocenters. The number of nitrogens with zero attached hydrogens (tertiary/aromatic N) is 2. The second kappa shape index (κ2) is 4.97. The van der Waals surface area contributed by atoms with Crippen LogP contribution in [0.2, 0.25) is 0 Å².